The van der Waals surface area contributed by atoms with Gasteiger partial charge in [-0.15, -0.1) is 0 Å². The smallest absolute Gasteiger partial charge is 0.175 e. The molecule has 0 aliphatic heterocycles. The third kappa shape index (κ3) is 5.48. The lowest BCUT2D eigenvalue weighted by Gasteiger charge is -2.15. The molecule has 3 aromatic carbocycles. The van der Waals surface area contributed by atoms with Crippen LogP contribution in [0.5, 0.6) is 11.5 Å². The van der Waals surface area contributed by atoms with Gasteiger partial charge in [0, 0.05) is 16.6 Å². The number of halogens is 4. The highest BCUT2D eigenvalue weighted by Gasteiger charge is 2.13. The number of rotatable bonds is 7. The lowest BCUT2D eigenvalue weighted by Crippen LogP contribution is -2.03. The summed E-state index contributed by atoms with van der Waals surface area (Å²) in [6, 6.07) is 16.7. The van der Waals surface area contributed by atoms with Gasteiger partial charge in [0.25, 0.3) is 0 Å². The summed E-state index contributed by atoms with van der Waals surface area (Å²) in [7, 11) is 1.61. The Kier molecular flexibility index (Phi) is 7.36. The molecule has 0 aromatic heterocycles. The first kappa shape index (κ1) is 21.1. The number of methoxy groups -OCH3 is 1. The number of hydrogen-bond donors (Lipinski definition) is 1. The summed E-state index contributed by atoms with van der Waals surface area (Å²) in [6.45, 7) is 0.925. The minimum absolute atomic E-state index is 0.380. The van der Waals surface area contributed by atoms with E-state index in [1.54, 1.807) is 25.3 Å². The van der Waals surface area contributed by atoms with Gasteiger partial charge in [-0.05, 0) is 69.5 Å². The average molecular weight is 502 g/mol. The summed E-state index contributed by atoms with van der Waals surface area (Å²) in [5, 5.41) is 5.19. The molecule has 3 rings (SSSR count). The van der Waals surface area contributed by atoms with Crippen LogP contribution in [-0.4, -0.2) is 7.11 Å². The Morgan fingerprint density at radius 3 is 2.46 bits per heavy atom. The number of benzene rings is 3. The first-order chi connectivity index (χ1) is 13.5. The standard InChI is InChI=1S/C21H17BrCl3NO2/c1-27-20-9-14(11-26-19-10-16(24)5-6-18(19)25)8-17(22)21(20)28-12-13-3-2-4-15(23)7-13/h2-10,26H,11-12H2,1H3. The molecule has 0 saturated heterocycles. The zero-order valence-corrected chi connectivity index (χ0v) is 18.8. The maximum atomic E-state index is 6.20. The molecule has 1 N–H and O–H groups in total. The molecule has 0 heterocycles. The van der Waals surface area contributed by atoms with Crippen LogP contribution in [0.3, 0.4) is 0 Å². The second kappa shape index (κ2) is 9.75. The van der Waals surface area contributed by atoms with Crippen LogP contribution in [0.25, 0.3) is 0 Å². The van der Waals surface area contributed by atoms with Crippen molar-refractivity contribution in [2.75, 3.05) is 12.4 Å². The zero-order chi connectivity index (χ0) is 20.1. The fourth-order valence-corrected chi connectivity index (χ4v) is 3.80. The molecule has 0 aliphatic carbocycles. The van der Waals surface area contributed by atoms with Gasteiger partial charge in [-0.25, -0.2) is 0 Å². The summed E-state index contributed by atoms with van der Waals surface area (Å²) in [6.07, 6.45) is 0. The first-order valence-corrected chi connectivity index (χ1v) is 10.3. The van der Waals surface area contributed by atoms with Crippen LogP contribution in [0, 0.1) is 0 Å². The van der Waals surface area contributed by atoms with Crippen molar-refractivity contribution in [3.63, 3.8) is 0 Å². The molecular formula is C21H17BrCl3NO2. The van der Waals surface area contributed by atoms with Crippen LogP contribution >= 0.6 is 50.7 Å². The van der Waals surface area contributed by atoms with E-state index in [9.17, 15) is 0 Å². The molecule has 28 heavy (non-hydrogen) atoms. The summed E-state index contributed by atoms with van der Waals surface area (Å²) in [5.41, 5.74) is 2.74. The maximum absolute atomic E-state index is 6.20. The van der Waals surface area contributed by atoms with Crippen molar-refractivity contribution < 1.29 is 9.47 Å². The Morgan fingerprint density at radius 2 is 1.71 bits per heavy atom. The maximum Gasteiger partial charge on any atom is 0.175 e. The largest absolute Gasteiger partial charge is 0.493 e. The van der Waals surface area contributed by atoms with Crippen molar-refractivity contribution in [1.29, 1.82) is 0 Å². The average Bonchev–Trinajstić information content (AvgIpc) is 2.67. The molecule has 0 radical (unpaired) electrons. The van der Waals surface area contributed by atoms with E-state index in [0.717, 1.165) is 21.3 Å². The van der Waals surface area contributed by atoms with Crippen molar-refractivity contribution >= 4 is 56.4 Å². The fourth-order valence-electron chi connectivity index (χ4n) is 2.63. The van der Waals surface area contributed by atoms with E-state index in [1.165, 1.54) is 0 Å². The van der Waals surface area contributed by atoms with Gasteiger partial charge < -0.3 is 14.8 Å². The number of nitrogens with one attached hydrogen (secondary N) is 1. The third-order valence-corrected chi connectivity index (χ3v) is 5.36. The van der Waals surface area contributed by atoms with E-state index in [0.29, 0.717) is 39.7 Å². The molecular weight excluding hydrogens is 484 g/mol. The highest BCUT2D eigenvalue weighted by Crippen LogP contribution is 2.37. The normalized spacial score (nSPS) is 10.6. The molecule has 0 atom stereocenters. The van der Waals surface area contributed by atoms with E-state index in [2.05, 4.69) is 21.2 Å². The molecule has 0 fully saturated rings. The number of hydrogen-bond acceptors (Lipinski definition) is 3. The zero-order valence-electron chi connectivity index (χ0n) is 14.9. The summed E-state index contributed by atoms with van der Waals surface area (Å²) in [5.74, 6) is 1.26. The van der Waals surface area contributed by atoms with Crippen LogP contribution in [0.2, 0.25) is 15.1 Å². The van der Waals surface area contributed by atoms with E-state index < -0.39 is 0 Å². The minimum atomic E-state index is 0.380. The van der Waals surface area contributed by atoms with Crippen molar-refractivity contribution in [3.8, 4) is 11.5 Å². The second-order valence-corrected chi connectivity index (χ2v) is 8.14. The lowest BCUT2D eigenvalue weighted by atomic mass is 10.2. The van der Waals surface area contributed by atoms with Crippen LogP contribution in [0.4, 0.5) is 5.69 Å². The molecule has 0 bridgehead atoms. The second-order valence-electron chi connectivity index (χ2n) is 6.01. The van der Waals surface area contributed by atoms with Crippen molar-refractivity contribution in [2.45, 2.75) is 13.2 Å². The molecule has 0 unspecified atom stereocenters. The Morgan fingerprint density at radius 1 is 0.929 bits per heavy atom. The fraction of sp³-hybridized carbons (Fsp3) is 0.143. The van der Waals surface area contributed by atoms with Gasteiger partial charge in [-0.3, -0.25) is 0 Å². The van der Waals surface area contributed by atoms with Gasteiger partial charge in [-0.2, -0.15) is 0 Å². The van der Waals surface area contributed by atoms with E-state index in [4.69, 9.17) is 44.3 Å². The molecule has 0 saturated carbocycles. The van der Waals surface area contributed by atoms with Gasteiger partial charge in [0.15, 0.2) is 11.5 Å². The lowest BCUT2D eigenvalue weighted by molar-refractivity contribution is 0.282. The first-order valence-electron chi connectivity index (χ1n) is 8.39. The number of anilines is 1. The number of ether oxygens (including phenoxy) is 2. The van der Waals surface area contributed by atoms with Crippen LogP contribution in [-0.2, 0) is 13.2 Å². The Balaban J connectivity index is 1.74. The molecule has 0 aliphatic rings. The van der Waals surface area contributed by atoms with Crippen LogP contribution in [0.15, 0.2) is 59.1 Å². The van der Waals surface area contributed by atoms with Crippen molar-refractivity contribution in [1.82, 2.24) is 0 Å². The van der Waals surface area contributed by atoms with Gasteiger partial charge >= 0.3 is 0 Å². The van der Waals surface area contributed by atoms with Gasteiger partial charge in [0.05, 0.1) is 22.3 Å². The monoisotopic (exact) mass is 499 g/mol. The molecule has 3 nitrogen and oxygen atoms in total. The third-order valence-electron chi connectivity index (χ3n) is 3.97. The molecule has 7 heteroatoms. The SMILES string of the molecule is COc1cc(CNc2cc(Cl)ccc2Cl)cc(Br)c1OCc1cccc(Cl)c1. The summed E-state index contributed by atoms with van der Waals surface area (Å²) in [4.78, 5) is 0. The summed E-state index contributed by atoms with van der Waals surface area (Å²) < 4.78 is 12.3. The van der Waals surface area contributed by atoms with E-state index in [-0.39, 0.29) is 0 Å². The molecule has 146 valence electrons. The predicted molar refractivity (Wildman–Crippen MR) is 120 cm³/mol. The topological polar surface area (TPSA) is 30.5 Å². The molecule has 0 amide bonds. The molecule has 3 aromatic rings. The van der Waals surface area contributed by atoms with E-state index in [1.807, 2.05) is 36.4 Å². The van der Waals surface area contributed by atoms with Crippen LogP contribution < -0.4 is 14.8 Å². The van der Waals surface area contributed by atoms with Gasteiger partial charge in [0.1, 0.15) is 6.61 Å². The summed E-state index contributed by atoms with van der Waals surface area (Å²) >= 11 is 21.8. The Bertz CT molecular complexity index is 982. The minimum Gasteiger partial charge on any atom is -0.493 e. The highest BCUT2D eigenvalue weighted by atomic mass is 79.9. The molecule has 0 spiro atoms. The Labute approximate surface area is 187 Å². The quantitative estimate of drug-likeness (QED) is 0.361. The van der Waals surface area contributed by atoms with Gasteiger partial charge in [0.2, 0.25) is 0 Å². The van der Waals surface area contributed by atoms with E-state index >= 15 is 0 Å². The highest BCUT2D eigenvalue weighted by molar-refractivity contribution is 9.10. The van der Waals surface area contributed by atoms with Crippen molar-refractivity contribution in [3.05, 3.63) is 85.3 Å². The van der Waals surface area contributed by atoms with Crippen LogP contribution in [0.1, 0.15) is 11.1 Å². The predicted octanol–water partition coefficient (Wildman–Crippen LogP) is 7.61. The van der Waals surface area contributed by atoms with Gasteiger partial charge in [-0.1, -0.05) is 46.9 Å². The van der Waals surface area contributed by atoms with Crippen molar-refractivity contribution in [2.24, 2.45) is 0 Å². The Hall–Kier alpha value is -1.59.